The number of carbonyl (C=O) groups excluding carboxylic acids is 1. The highest BCUT2D eigenvalue weighted by molar-refractivity contribution is 7.12. The smallest absolute Gasteiger partial charge is 0.311 e. The average molecular weight is 342 g/mol. The minimum absolute atomic E-state index is 0.0764. The van der Waals surface area contributed by atoms with Gasteiger partial charge in [-0.25, -0.2) is 4.98 Å². The van der Waals surface area contributed by atoms with Gasteiger partial charge in [-0.1, -0.05) is 36.8 Å². The maximum absolute atomic E-state index is 12.8. The molecule has 1 aromatic heterocycles. The molecule has 2 aromatic rings. The van der Waals surface area contributed by atoms with Crippen LogP contribution in [0.3, 0.4) is 0 Å². The Morgan fingerprint density at radius 2 is 2.08 bits per heavy atom. The molecule has 0 bridgehead atoms. The molecule has 0 unspecified atom stereocenters. The summed E-state index contributed by atoms with van der Waals surface area (Å²) in [6.45, 7) is 0.845. The van der Waals surface area contributed by atoms with Crippen molar-refractivity contribution in [1.29, 1.82) is 0 Å². The summed E-state index contributed by atoms with van der Waals surface area (Å²) in [4.78, 5) is 30.7. The van der Waals surface area contributed by atoms with Crippen LogP contribution in [0.4, 0.5) is 0 Å². The second-order valence-electron chi connectivity index (χ2n) is 6.64. The van der Waals surface area contributed by atoms with Crippen LogP contribution in [-0.4, -0.2) is 40.0 Å². The molecule has 24 heavy (non-hydrogen) atoms. The molecule has 2 heterocycles. The SMILES string of the molecule is O=C(c1nc(-c2ccccc2)cs1)N1C[C@@H]2CCC[C@@]2(C(=O)O)C1. The van der Waals surface area contributed by atoms with E-state index in [1.54, 1.807) is 4.90 Å². The Labute approximate surface area is 143 Å². The highest BCUT2D eigenvalue weighted by Crippen LogP contribution is 2.49. The number of nitrogens with zero attached hydrogens (tertiary/aromatic N) is 2. The van der Waals surface area contributed by atoms with Crippen LogP contribution in [0.2, 0.25) is 0 Å². The first-order valence-electron chi connectivity index (χ1n) is 8.14. The zero-order valence-corrected chi connectivity index (χ0v) is 14.0. The number of carboxylic acids is 1. The third-order valence-electron chi connectivity index (χ3n) is 5.34. The Hall–Kier alpha value is -2.21. The van der Waals surface area contributed by atoms with E-state index in [1.165, 1.54) is 11.3 Å². The van der Waals surface area contributed by atoms with Crippen molar-refractivity contribution < 1.29 is 14.7 Å². The molecular weight excluding hydrogens is 324 g/mol. The minimum Gasteiger partial charge on any atom is -0.481 e. The molecule has 1 aliphatic heterocycles. The fourth-order valence-electron chi connectivity index (χ4n) is 4.04. The lowest BCUT2D eigenvalue weighted by Crippen LogP contribution is -2.37. The van der Waals surface area contributed by atoms with E-state index >= 15 is 0 Å². The fourth-order valence-corrected chi connectivity index (χ4v) is 4.84. The molecule has 1 saturated heterocycles. The van der Waals surface area contributed by atoms with E-state index < -0.39 is 11.4 Å². The van der Waals surface area contributed by atoms with Crippen molar-refractivity contribution in [1.82, 2.24) is 9.88 Å². The van der Waals surface area contributed by atoms with Gasteiger partial charge in [-0.05, 0) is 18.8 Å². The summed E-state index contributed by atoms with van der Waals surface area (Å²) in [5, 5.41) is 12.0. The molecular formula is C18H18N2O3S. The van der Waals surface area contributed by atoms with Crippen LogP contribution in [0.15, 0.2) is 35.7 Å². The number of amides is 1. The molecule has 1 aliphatic carbocycles. The molecule has 4 rings (SSSR count). The molecule has 6 heteroatoms. The number of likely N-dealkylation sites (tertiary alicyclic amines) is 1. The van der Waals surface area contributed by atoms with E-state index in [2.05, 4.69) is 4.98 Å². The predicted molar refractivity (Wildman–Crippen MR) is 90.9 cm³/mol. The lowest BCUT2D eigenvalue weighted by atomic mass is 9.81. The number of carboxylic acid groups (broad SMARTS) is 1. The van der Waals surface area contributed by atoms with Crippen LogP contribution < -0.4 is 0 Å². The Bertz CT molecular complexity index is 789. The number of hydrogen-bond donors (Lipinski definition) is 1. The molecule has 2 fully saturated rings. The van der Waals surface area contributed by atoms with Crippen molar-refractivity contribution in [2.45, 2.75) is 19.3 Å². The average Bonchev–Trinajstić information content (AvgIpc) is 3.29. The molecule has 2 aliphatic rings. The van der Waals surface area contributed by atoms with E-state index in [-0.39, 0.29) is 11.8 Å². The lowest BCUT2D eigenvalue weighted by molar-refractivity contribution is -0.149. The van der Waals surface area contributed by atoms with Crippen molar-refractivity contribution in [3.63, 3.8) is 0 Å². The standard InChI is InChI=1S/C18H18N2O3S/c21-16(15-19-14(10-24-15)12-5-2-1-3-6-12)20-9-13-7-4-8-18(13,11-20)17(22)23/h1-3,5-6,10,13H,4,7-9,11H2,(H,22,23)/t13-,18+/m0/s1. The highest BCUT2D eigenvalue weighted by atomic mass is 32.1. The van der Waals surface area contributed by atoms with Crippen molar-refractivity contribution >= 4 is 23.2 Å². The molecule has 1 amide bonds. The van der Waals surface area contributed by atoms with E-state index in [0.717, 1.165) is 24.1 Å². The first kappa shape index (κ1) is 15.3. The number of aromatic nitrogens is 1. The molecule has 2 atom stereocenters. The van der Waals surface area contributed by atoms with Gasteiger partial charge in [0.15, 0.2) is 5.01 Å². The van der Waals surface area contributed by atoms with E-state index in [9.17, 15) is 14.7 Å². The van der Waals surface area contributed by atoms with Crippen LogP contribution in [0, 0.1) is 11.3 Å². The zero-order chi connectivity index (χ0) is 16.7. The maximum Gasteiger partial charge on any atom is 0.311 e. The van der Waals surface area contributed by atoms with E-state index in [0.29, 0.717) is 24.5 Å². The Kier molecular flexibility index (Phi) is 3.64. The number of fused-ring (bicyclic) bond motifs is 1. The molecule has 1 aromatic carbocycles. The minimum atomic E-state index is -0.760. The Balaban J connectivity index is 1.55. The van der Waals surface area contributed by atoms with Gasteiger partial charge in [-0.2, -0.15) is 0 Å². The van der Waals surface area contributed by atoms with Gasteiger partial charge in [-0.15, -0.1) is 11.3 Å². The number of benzene rings is 1. The molecule has 124 valence electrons. The van der Waals surface area contributed by atoms with Crippen LogP contribution in [0.25, 0.3) is 11.3 Å². The molecule has 0 radical (unpaired) electrons. The van der Waals surface area contributed by atoms with E-state index in [1.807, 2.05) is 35.7 Å². The van der Waals surface area contributed by atoms with Gasteiger partial charge in [0.05, 0.1) is 11.1 Å². The van der Waals surface area contributed by atoms with E-state index in [4.69, 9.17) is 0 Å². The molecule has 1 N–H and O–H groups in total. The largest absolute Gasteiger partial charge is 0.481 e. The van der Waals surface area contributed by atoms with Gasteiger partial charge in [-0.3, -0.25) is 9.59 Å². The highest BCUT2D eigenvalue weighted by Gasteiger charge is 2.56. The van der Waals surface area contributed by atoms with Crippen LogP contribution in [0.1, 0.15) is 29.1 Å². The maximum atomic E-state index is 12.8. The van der Waals surface area contributed by atoms with Crippen molar-refractivity contribution in [2.24, 2.45) is 11.3 Å². The number of carbonyl (C=O) groups is 2. The summed E-state index contributed by atoms with van der Waals surface area (Å²) in [6, 6.07) is 9.74. The van der Waals surface area contributed by atoms with Crippen molar-refractivity contribution in [3.8, 4) is 11.3 Å². The first-order valence-corrected chi connectivity index (χ1v) is 9.02. The fraction of sp³-hybridized carbons (Fsp3) is 0.389. The first-order chi connectivity index (χ1) is 11.6. The van der Waals surface area contributed by atoms with Crippen LogP contribution >= 0.6 is 11.3 Å². The summed E-state index contributed by atoms with van der Waals surface area (Å²) in [7, 11) is 0. The Morgan fingerprint density at radius 3 is 2.79 bits per heavy atom. The summed E-state index contributed by atoms with van der Waals surface area (Å²) in [5.41, 5.74) is 1.03. The second-order valence-corrected chi connectivity index (χ2v) is 7.50. The van der Waals surface area contributed by atoms with Gasteiger partial charge >= 0.3 is 5.97 Å². The predicted octanol–water partition coefficient (Wildman–Crippen LogP) is 3.14. The molecule has 1 saturated carbocycles. The summed E-state index contributed by atoms with van der Waals surface area (Å²) in [5.74, 6) is -0.825. The molecule has 0 spiro atoms. The van der Waals surface area contributed by atoms with Crippen molar-refractivity contribution in [2.75, 3.05) is 13.1 Å². The summed E-state index contributed by atoms with van der Waals surface area (Å²) < 4.78 is 0. The normalized spacial score (nSPS) is 25.7. The third kappa shape index (κ3) is 2.33. The Morgan fingerprint density at radius 1 is 1.29 bits per heavy atom. The lowest BCUT2D eigenvalue weighted by Gasteiger charge is -2.22. The second kappa shape index (κ2) is 5.70. The molecule has 5 nitrogen and oxygen atoms in total. The topological polar surface area (TPSA) is 70.5 Å². The quantitative estimate of drug-likeness (QED) is 0.930. The summed E-state index contributed by atoms with van der Waals surface area (Å²) >= 11 is 1.32. The number of hydrogen-bond acceptors (Lipinski definition) is 4. The van der Waals surface area contributed by atoms with Crippen LogP contribution in [0.5, 0.6) is 0 Å². The van der Waals surface area contributed by atoms with Crippen LogP contribution in [-0.2, 0) is 4.79 Å². The third-order valence-corrected chi connectivity index (χ3v) is 6.17. The van der Waals surface area contributed by atoms with Gasteiger partial charge in [0, 0.05) is 24.0 Å². The number of rotatable bonds is 3. The summed E-state index contributed by atoms with van der Waals surface area (Å²) in [6.07, 6.45) is 2.50. The van der Waals surface area contributed by atoms with Gasteiger partial charge in [0.1, 0.15) is 0 Å². The number of aliphatic carboxylic acids is 1. The van der Waals surface area contributed by atoms with Crippen molar-refractivity contribution in [3.05, 3.63) is 40.7 Å². The monoisotopic (exact) mass is 342 g/mol. The number of thiazole rings is 1. The van der Waals surface area contributed by atoms with Gasteiger partial charge < -0.3 is 10.0 Å². The zero-order valence-electron chi connectivity index (χ0n) is 13.1. The van der Waals surface area contributed by atoms with Gasteiger partial charge in [0.2, 0.25) is 0 Å². The van der Waals surface area contributed by atoms with Gasteiger partial charge in [0.25, 0.3) is 5.91 Å².